The average molecular weight is 354 g/mol. The number of thioether (sulfide) groups is 1. The molecule has 6 nitrogen and oxygen atoms in total. The summed E-state index contributed by atoms with van der Waals surface area (Å²) in [5.41, 5.74) is 3.78. The first kappa shape index (κ1) is 16.1. The Morgan fingerprint density at radius 1 is 1.36 bits per heavy atom. The summed E-state index contributed by atoms with van der Waals surface area (Å²) in [5.74, 6) is 0.782. The predicted molar refractivity (Wildman–Crippen MR) is 94.8 cm³/mol. The normalized spacial score (nSPS) is 14.0. The first-order valence-corrected chi connectivity index (χ1v) is 9.20. The molecule has 0 atom stereocenters. The molecule has 0 unspecified atom stereocenters. The van der Waals surface area contributed by atoms with Crippen LogP contribution in [0.25, 0.3) is 11.5 Å². The molecule has 0 aromatic carbocycles. The third kappa shape index (κ3) is 3.24. The SMILES string of the molecule is Cc1cc(C(=O)CSc2nnc(-c3cccnc3)o2)c(C)n1C1CC1. The predicted octanol–water partition coefficient (Wildman–Crippen LogP) is 3.86. The number of pyridine rings is 1. The number of carbonyl (C=O) groups excluding carboxylic acids is 1. The van der Waals surface area contributed by atoms with Gasteiger partial charge in [0.15, 0.2) is 5.78 Å². The van der Waals surface area contributed by atoms with E-state index in [0.717, 1.165) is 22.5 Å². The fourth-order valence-electron chi connectivity index (χ4n) is 3.03. The van der Waals surface area contributed by atoms with E-state index in [-0.39, 0.29) is 11.5 Å². The van der Waals surface area contributed by atoms with Crippen LogP contribution in [0.3, 0.4) is 0 Å². The number of nitrogens with zero attached hydrogens (tertiary/aromatic N) is 4. The van der Waals surface area contributed by atoms with Crippen LogP contribution in [0.5, 0.6) is 0 Å². The summed E-state index contributed by atoms with van der Waals surface area (Å²) in [5, 5.41) is 8.41. The zero-order valence-electron chi connectivity index (χ0n) is 14.1. The highest BCUT2D eigenvalue weighted by atomic mass is 32.2. The van der Waals surface area contributed by atoms with Crippen molar-refractivity contribution in [3.05, 3.63) is 47.5 Å². The van der Waals surface area contributed by atoms with Crippen molar-refractivity contribution in [1.29, 1.82) is 0 Å². The smallest absolute Gasteiger partial charge is 0.277 e. The fourth-order valence-corrected chi connectivity index (χ4v) is 3.68. The van der Waals surface area contributed by atoms with E-state index >= 15 is 0 Å². The maximum atomic E-state index is 12.6. The molecule has 0 aliphatic heterocycles. The van der Waals surface area contributed by atoms with Gasteiger partial charge in [0.05, 0.1) is 11.3 Å². The molecule has 0 spiro atoms. The van der Waals surface area contributed by atoms with Crippen LogP contribution < -0.4 is 0 Å². The highest BCUT2D eigenvalue weighted by Gasteiger charge is 2.28. The fraction of sp³-hybridized carbons (Fsp3) is 0.333. The van der Waals surface area contributed by atoms with Crippen LogP contribution in [0.4, 0.5) is 0 Å². The van der Waals surface area contributed by atoms with Gasteiger partial charge in [0.25, 0.3) is 5.22 Å². The van der Waals surface area contributed by atoms with E-state index in [0.29, 0.717) is 17.2 Å². The Bertz CT molecular complexity index is 913. The van der Waals surface area contributed by atoms with Gasteiger partial charge in [-0.3, -0.25) is 9.78 Å². The molecule has 0 radical (unpaired) electrons. The molecule has 1 aliphatic carbocycles. The molecule has 25 heavy (non-hydrogen) atoms. The summed E-state index contributed by atoms with van der Waals surface area (Å²) in [7, 11) is 0. The summed E-state index contributed by atoms with van der Waals surface area (Å²) in [6.07, 6.45) is 5.77. The number of carbonyl (C=O) groups is 1. The van der Waals surface area contributed by atoms with E-state index in [1.165, 1.54) is 24.6 Å². The minimum absolute atomic E-state index is 0.0890. The van der Waals surface area contributed by atoms with Crippen LogP contribution in [0.1, 0.15) is 40.6 Å². The first-order chi connectivity index (χ1) is 12.1. The molecule has 4 rings (SSSR count). The van der Waals surface area contributed by atoms with E-state index in [4.69, 9.17) is 4.42 Å². The van der Waals surface area contributed by atoms with Crippen molar-refractivity contribution in [1.82, 2.24) is 19.7 Å². The maximum Gasteiger partial charge on any atom is 0.277 e. The van der Waals surface area contributed by atoms with Crippen LogP contribution in [-0.4, -0.2) is 31.3 Å². The van der Waals surface area contributed by atoms with Gasteiger partial charge in [0.2, 0.25) is 5.89 Å². The van der Waals surface area contributed by atoms with Gasteiger partial charge in [0.1, 0.15) is 0 Å². The minimum atomic E-state index is 0.0890. The van der Waals surface area contributed by atoms with Gasteiger partial charge >= 0.3 is 0 Å². The molecule has 1 saturated carbocycles. The van der Waals surface area contributed by atoms with Crippen molar-refractivity contribution in [2.75, 3.05) is 5.75 Å². The summed E-state index contributed by atoms with van der Waals surface area (Å²) in [4.78, 5) is 16.6. The topological polar surface area (TPSA) is 73.8 Å². The molecule has 3 aromatic heterocycles. The van der Waals surface area contributed by atoms with Gasteiger partial charge in [-0.25, -0.2) is 0 Å². The van der Waals surface area contributed by atoms with Crippen molar-refractivity contribution < 1.29 is 9.21 Å². The molecule has 0 saturated heterocycles. The molecule has 3 aromatic rings. The summed E-state index contributed by atoms with van der Waals surface area (Å²) in [6.45, 7) is 4.09. The summed E-state index contributed by atoms with van der Waals surface area (Å²) >= 11 is 1.27. The molecule has 0 amide bonds. The third-order valence-electron chi connectivity index (χ3n) is 4.34. The lowest BCUT2D eigenvalue weighted by Crippen LogP contribution is -2.05. The van der Waals surface area contributed by atoms with E-state index in [1.54, 1.807) is 12.4 Å². The maximum absolute atomic E-state index is 12.6. The lowest BCUT2D eigenvalue weighted by atomic mass is 10.2. The minimum Gasteiger partial charge on any atom is -0.411 e. The van der Waals surface area contributed by atoms with Gasteiger partial charge in [-0.15, -0.1) is 10.2 Å². The molecule has 3 heterocycles. The Balaban J connectivity index is 1.44. The first-order valence-electron chi connectivity index (χ1n) is 8.22. The second kappa shape index (κ2) is 6.48. The quantitative estimate of drug-likeness (QED) is 0.494. The zero-order chi connectivity index (χ0) is 17.4. The van der Waals surface area contributed by atoms with Gasteiger partial charge in [-0.05, 0) is 44.9 Å². The number of aromatic nitrogens is 4. The monoisotopic (exact) mass is 354 g/mol. The number of aryl methyl sites for hydroxylation is 1. The molecule has 7 heteroatoms. The standard InChI is InChI=1S/C18H18N4O2S/c1-11-8-15(12(2)22(11)14-5-6-14)16(23)10-25-18-21-20-17(24-18)13-4-3-7-19-9-13/h3-4,7-9,14H,5-6,10H2,1-2H3. The zero-order valence-corrected chi connectivity index (χ0v) is 14.9. The van der Waals surface area contributed by atoms with Crippen LogP contribution >= 0.6 is 11.8 Å². The van der Waals surface area contributed by atoms with E-state index in [9.17, 15) is 4.79 Å². The van der Waals surface area contributed by atoms with Crippen LogP contribution in [0.15, 0.2) is 40.2 Å². The summed E-state index contributed by atoms with van der Waals surface area (Å²) < 4.78 is 7.89. The van der Waals surface area contributed by atoms with Gasteiger partial charge in [-0.2, -0.15) is 0 Å². The number of hydrogen-bond acceptors (Lipinski definition) is 6. The Kier molecular flexibility index (Phi) is 4.17. The molecule has 128 valence electrons. The number of hydrogen-bond donors (Lipinski definition) is 0. The van der Waals surface area contributed by atoms with Crippen molar-refractivity contribution in [2.24, 2.45) is 0 Å². The van der Waals surface area contributed by atoms with E-state index in [2.05, 4.69) is 26.7 Å². The molecule has 1 aliphatic rings. The van der Waals surface area contributed by atoms with Gasteiger partial charge in [0, 0.05) is 35.4 Å². The van der Waals surface area contributed by atoms with E-state index < -0.39 is 0 Å². The number of ketones is 1. The van der Waals surface area contributed by atoms with Gasteiger partial charge in [-0.1, -0.05) is 11.8 Å². The van der Waals surface area contributed by atoms with E-state index in [1.807, 2.05) is 25.1 Å². The molecule has 1 fully saturated rings. The van der Waals surface area contributed by atoms with Crippen LogP contribution in [0, 0.1) is 13.8 Å². The van der Waals surface area contributed by atoms with Crippen LogP contribution in [-0.2, 0) is 0 Å². The van der Waals surface area contributed by atoms with Gasteiger partial charge < -0.3 is 8.98 Å². The van der Waals surface area contributed by atoms with Crippen molar-refractivity contribution >= 4 is 17.5 Å². The lowest BCUT2D eigenvalue weighted by Gasteiger charge is -2.07. The number of rotatable bonds is 6. The Labute approximate surface area is 149 Å². The molecule has 0 N–H and O–H groups in total. The molecule has 0 bridgehead atoms. The van der Waals surface area contributed by atoms with Crippen molar-refractivity contribution in [3.8, 4) is 11.5 Å². The highest BCUT2D eigenvalue weighted by molar-refractivity contribution is 7.99. The Hall–Kier alpha value is -2.41. The molecular weight excluding hydrogens is 336 g/mol. The average Bonchev–Trinajstić information content (AvgIpc) is 3.25. The third-order valence-corrected chi connectivity index (χ3v) is 5.16. The second-order valence-electron chi connectivity index (χ2n) is 6.21. The lowest BCUT2D eigenvalue weighted by molar-refractivity contribution is 0.102. The summed E-state index contributed by atoms with van der Waals surface area (Å²) in [6, 6.07) is 6.23. The largest absolute Gasteiger partial charge is 0.411 e. The number of Topliss-reactive ketones (excluding diaryl/α,β-unsaturated/α-hetero) is 1. The highest BCUT2D eigenvalue weighted by Crippen LogP contribution is 2.38. The van der Waals surface area contributed by atoms with Crippen molar-refractivity contribution in [3.63, 3.8) is 0 Å². The van der Waals surface area contributed by atoms with Crippen LogP contribution in [0.2, 0.25) is 0 Å². The Morgan fingerprint density at radius 2 is 2.20 bits per heavy atom. The second-order valence-corrected chi connectivity index (χ2v) is 7.14. The Morgan fingerprint density at radius 3 is 2.92 bits per heavy atom. The van der Waals surface area contributed by atoms with Crippen molar-refractivity contribution in [2.45, 2.75) is 38.0 Å². The molecular formula is C18H18N4O2S.